The van der Waals surface area contributed by atoms with Gasteiger partial charge in [-0.25, -0.2) is 9.97 Å². The van der Waals surface area contributed by atoms with Crippen LogP contribution in [0.4, 0.5) is 5.95 Å². The van der Waals surface area contributed by atoms with Crippen molar-refractivity contribution in [3.8, 4) is 0 Å². The molecule has 0 aliphatic rings. The van der Waals surface area contributed by atoms with Crippen LogP contribution in [0, 0.1) is 0 Å². The van der Waals surface area contributed by atoms with Crippen LogP contribution in [0.25, 0.3) is 0 Å². The largest absolute Gasteiger partial charge is 0.337 e. The predicted molar refractivity (Wildman–Crippen MR) is 75.7 cm³/mol. The summed E-state index contributed by atoms with van der Waals surface area (Å²) in [6.07, 6.45) is 3.75. The fourth-order valence-corrected chi connectivity index (χ4v) is 2.13. The van der Waals surface area contributed by atoms with Gasteiger partial charge in [0.2, 0.25) is 5.95 Å². The van der Waals surface area contributed by atoms with E-state index < -0.39 is 0 Å². The third-order valence-electron chi connectivity index (χ3n) is 2.61. The quantitative estimate of drug-likeness (QED) is 0.754. The summed E-state index contributed by atoms with van der Waals surface area (Å²) in [5, 5.41) is 0.798. The van der Waals surface area contributed by atoms with Crippen molar-refractivity contribution in [2.24, 2.45) is 0 Å². The molecule has 0 bridgehead atoms. The third kappa shape index (κ3) is 4.24. The molecule has 17 heavy (non-hydrogen) atoms. The van der Waals surface area contributed by atoms with E-state index in [1.165, 1.54) is 0 Å². The van der Waals surface area contributed by atoms with Crippen LogP contribution in [0.1, 0.15) is 19.4 Å². The Morgan fingerprint density at radius 2 is 1.88 bits per heavy atom. The lowest BCUT2D eigenvalue weighted by Crippen LogP contribution is -2.41. The standard InChI is InChI=1S/C12H21BrN4/c1-5-17(10(2)9-16(3)4)12-14-7-11(6-13)8-15-12/h7-8,10H,5-6,9H2,1-4H3. The zero-order valence-electron chi connectivity index (χ0n) is 11.0. The summed E-state index contributed by atoms with van der Waals surface area (Å²) in [5.74, 6) is 0.812. The highest BCUT2D eigenvalue weighted by Gasteiger charge is 2.15. The van der Waals surface area contributed by atoms with E-state index in [4.69, 9.17) is 0 Å². The SMILES string of the molecule is CCN(c1ncc(CBr)cn1)C(C)CN(C)C. The van der Waals surface area contributed by atoms with Gasteiger partial charge >= 0.3 is 0 Å². The van der Waals surface area contributed by atoms with Crippen LogP contribution in [0.5, 0.6) is 0 Å². The fourth-order valence-electron chi connectivity index (χ4n) is 1.84. The molecule has 1 unspecified atom stereocenters. The van der Waals surface area contributed by atoms with Gasteiger partial charge < -0.3 is 9.80 Å². The lowest BCUT2D eigenvalue weighted by molar-refractivity contribution is 0.371. The van der Waals surface area contributed by atoms with Crippen LogP contribution < -0.4 is 4.90 Å². The summed E-state index contributed by atoms with van der Waals surface area (Å²) in [4.78, 5) is 13.2. The topological polar surface area (TPSA) is 32.3 Å². The minimum absolute atomic E-state index is 0.407. The summed E-state index contributed by atoms with van der Waals surface area (Å²) >= 11 is 3.40. The van der Waals surface area contributed by atoms with Gasteiger partial charge in [0.15, 0.2) is 0 Å². The normalized spacial score (nSPS) is 12.8. The monoisotopic (exact) mass is 300 g/mol. The summed E-state index contributed by atoms with van der Waals surface area (Å²) in [6, 6.07) is 0.407. The molecular weight excluding hydrogens is 280 g/mol. The fraction of sp³-hybridized carbons (Fsp3) is 0.667. The van der Waals surface area contributed by atoms with Crippen molar-refractivity contribution in [3.05, 3.63) is 18.0 Å². The molecule has 0 aliphatic carbocycles. The van der Waals surface area contributed by atoms with E-state index >= 15 is 0 Å². The van der Waals surface area contributed by atoms with Crippen LogP contribution in [-0.4, -0.2) is 48.1 Å². The predicted octanol–water partition coefficient (Wildman–Crippen LogP) is 2.15. The number of likely N-dealkylation sites (N-methyl/N-ethyl adjacent to an activating group) is 2. The lowest BCUT2D eigenvalue weighted by Gasteiger charge is -2.30. The van der Waals surface area contributed by atoms with Crippen molar-refractivity contribution in [1.82, 2.24) is 14.9 Å². The van der Waals surface area contributed by atoms with Crippen LogP contribution in [0.15, 0.2) is 12.4 Å². The molecule has 5 heteroatoms. The molecule has 1 rings (SSSR count). The summed E-state index contributed by atoms with van der Waals surface area (Å²) in [5.41, 5.74) is 1.10. The van der Waals surface area contributed by atoms with E-state index in [2.05, 4.69) is 63.6 Å². The summed E-state index contributed by atoms with van der Waals surface area (Å²) in [6.45, 7) is 6.25. The Morgan fingerprint density at radius 3 is 2.29 bits per heavy atom. The second kappa shape index (κ2) is 6.91. The zero-order chi connectivity index (χ0) is 12.8. The number of rotatable bonds is 6. The molecule has 0 N–H and O–H groups in total. The van der Waals surface area contributed by atoms with Gasteiger partial charge in [-0.2, -0.15) is 0 Å². The van der Waals surface area contributed by atoms with Crippen molar-refractivity contribution < 1.29 is 0 Å². The van der Waals surface area contributed by atoms with E-state index in [1.54, 1.807) is 0 Å². The maximum atomic E-state index is 4.42. The van der Waals surface area contributed by atoms with E-state index in [1.807, 2.05) is 12.4 Å². The van der Waals surface area contributed by atoms with Crippen molar-refractivity contribution >= 4 is 21.9 Å². The van der Waals surface area contributed by atoms with Crippen molar-refractivity contribution in [3.63, 3.8) is 0 Å². The first-order valence-corrected chi connectivity index (χ1v) is 6.98. The molecule has 1 heterocycles. The number of halogens is 1. The second-order valence-corrected chi connectivity index (χ2v) is 4.98. The number of anilines is 1. The molecular formula is C12H21BrN4. The Hall–Kier alpha value is -0.680. The third-order valence-corrected chi connectivity index (χ3v) is 3.25. The molecule has 1 aromatic heterocycles. The number of aromatic nitrogens is 2. The number of alkyl halides is 1. The summed E-state index contributed by atoms with van der Waals surface area (Å²) in [7, 11) is 4.16. The van der Waals surface area contributed by atoms with Gasteiger partial charge in [0.1, 0.15) is 0 Å². The maximum absolute atomic E-state index is 4.42. The minimum Gasteiger partial charge on any atom is -0.337 e. The van der Waals surface area contributed by atoms with Gasteiger partial charge in [0.25, 0.3) is 0 Å². The van der Waals surface area contributed by atoms with Crippen LogP contribution in [-0.2, 0) is 5.33 Å². The molecule has 1 atom stereocenters. The number of nitrogens with zero attached hydrogens (tertiary/aromatic N) is 4. The molecule has 0 amide bonds. The average Bonchev–Trinajstić information content (AvgIpc) is 2.30. The first-order valence-electron chi connectivity index (χ1n) is 5.86. The van der Waals surface area contributed by atoms with E-state index in [0.717, 1.165) is 29.9 Å². The Morgan fingerprint density at radius 1 is 1.29 bits per heavy atom. The van der Waals surface area contributed by atoms with Gasteiger partial charge in [0.05, 0.1) is 0 Å². The molecule has 96 valence electrons. The molecule has 0 fully saturated rings. The van der Waals surface area contributed by atoms with Crippen molar-refractivity contribution in [2.45, 2.75) is 25.2 Å². The van der Waals surface area contributed by atoms with Gasteiger partial charge in [-0.1, -0.05) is 15.9 Å². The Kier molecular flexibility index (Phi) is 5.85. The van der Waals surface area contributed by atoms with Gasteiger partial charge in [-0.3, -0.25) is 0 Å². The molecule has 4 nitrogen and oxygen atoms in total. The minimum atomic E-state index is 0.407. The molecule has 0 spiro atoms. The number of hydrogen-bond donors (Lipinski definition) is 0. The lowest BCUT2D eigenvalue weighted by atomic mass is 10.3. The highest BCUT2D eigenvalue weighted by atomic mass is 79.9. The average molecular weight is 301 g/mol. The van der Waals surface area contributed by atoms with Crippen LogP contribution in [0.3, 0.4) is 0 Å². The van der Waals surface area contributed by atoms with Crippen LogP contribution >= 0.6 is 15.9 Å². The van der Waals surface area contributed by atoms with Crippen molar-refractivity contribution in [2.75, 3.05) is 32.1 Å². The van der Waals surface area contributed by atoms with Crippen molar-refractivity contribution in [1.29, 1.82) is 0 Å². The van der Waals surface area contributed by atoms with E-state index in [0.29, 0.717) is 6.04 Å². The summed E-state index contributed by atoms with van der Waals surface area (Å²) < 4.78 is 0. The molecule has 0 saturated carbocycles. The first-order chi connectivity index (χ1) is 8.08. The second-order valence-electron chi connectivity index (χ2n) is 4.42. The highest BCUT2D eigenvalue weighted by molar-refractivity contribution is 9.08. The zero-order valence-corrected chi connectivity index (χ0v) is 12.6. The molecule has 0 aliphatic heterocycles. The smallest absolute Gasteiger partial charge is 0.225 e. The maximum Gasteiger partial charge on any atom is 0.225 e. The Labute approximate surface area is 112 Å². The van der Waals surface area contributed by atoms with E-state index in [9.17, 15) is 0 Å². The molecule has 0 aromatic carbocycles. The molecule has 1 aromatic rings. The van der Waals surface area contributed by atoms with Gasteiger partial charge in [0, 0.05) is 36.9 Å². The first kappa shape index (κ1) is 14.4. The molecule has 0 saturated heterocycles. The molecule has 0 radical (unpaired) electrons. The highest BCUT2D eigenvalue weighted by Crippen LogP contribution is 2.12. The van der Waals surface area contributed by atoms with Crippen LogP contribution in [0.2, 0.25) is 0 Å². The Balaban J connectivity index is 2.77. The van der Waals surface area contributed by atoms with E-state index in [-0.39, 0.29) is 0 Å². The van der Waals surface area contributed by atoms with Gasteiger partial charge in [-0.15, -0.1) is 0 Å². The van der Waals surface area contributed by atoms with Gasteiger partial charge in [-0.05, 0) is 33.5 Å². The number of hydrogen-bond acceptors (Lipinski definition) is 4. The Bertz CT molecular complexity index is 326.